The monoisotopic (exact) mass is 839 g/mol. The molecule has 0 radical (unpaired) electrons. The van der Waals surface area contributed by atoms with Crippen LogP contribution in [-0.2, 0) is 24.0 Å². The number of nitrogens with one attached hydrogen (secondary N) is 6. The van der Waals surface area contributed by atoms with E-state index in [2.05, 4.69) is 32.1 Å². The number of fused-ring (bicyclic) bond motifs is 1. The second-order valence-electron chi connectivity index (χ2n) is 14.9. The van der Waals surface area contributed by atoms with Crippen molar-refractivity contribution < 1.29 is 43.1 Å². The topological polar surface area (TPSA) is 228 Å². The lowest BCUT2D eigenvalue weighted by molar-refractivity contribution is -0.136. The van der Waals surface area contributed by atoms with E-state index in [9.17, 15) is 38.4 Å². The number of hydrazine groups is 1. The minimum absolute atomic E-state index is 0.00258. The van der Waals surface area contributed by atoms with E-state index >= 15 is 0 Å². The van der Waals surface area contributed by atoms with Crippen LogP contribution in [0.4, 0.5) is 0 Å². The Hall–Kier alpha value is -5.14. The Morgan fingerprint density at radius 1 is 0.810 bits per heavy atom. The van der Waals surface area contributed by atoms with Crippen LogP contribution in [0.2, 0.25) is 10.0 Å². The Balaban J connectivity index is 0.806. The third-order valence-electron chi connectivity index (χ3n) is 11.1. The van der Waals surface area contributed by atoms with Crippen molar-refractivity contribution in [3.63, 3.8) is 0 Å². The van der Waals surface area contributed by atoms with E-state index in [-0.39, 0.29) is 88.3 Å². The first-order chi connectivity index (χ1) is 27.9. The molecule has 4 saturated heterocycles. The van der Waals surface area contributed by atoms with Crippen LogP contribution in [0.1, 0.15) is 69.6 Å². The van der Waals surface area contributed by atoms with Crippen LogP contribution in [-0.4, -0.2) is 138 Å². The predicted molar refractivity (Wildman–Crippen MR) is 207 cm³/mol. The van der Waals surface area contributed by atoms with Crippen LogP contribution < -0.4 is 36.9 Å². The van der Waals surface area contributed by atoms with Gasteiger partial charge in [0.25, 0.3) is 23.6 Å². The maximum Gasteiger partial charge on any atom is 0.266 e. The summed E-state index contributed by atoms with van der Waals surface area (Å²) in [5.74, 6) is -3.72. The molecule has 3 unspecified atom stereocenters. The van der Waals surface area contributed by atoms with Crippen LogP contribution in [0.3, 0.4) is 0 Å². The third kappa shape index (κ3) is 8.95. The number of piperidine rings is 3. The van der Waals surface area contributed by atoms with E-state index < -0.39 is 47.7 Å². The Kier molecular flexibility index (Phi) is 12.6. The molecule has 18 nitrogen and oxygen atoms in total. The molecular weight excluding hydrogens is 797 g/mol. The van der Waals surface area contributed by atoms with Gasteiger partial charge in [-0.1, -0.05) is 35.3 Å². The number of hydrogen-bond donors (Lipinski definition) is 6. The maximum absolute atomic E-state index is 13.3. The summed E-state index contributed by atoms with van der Waals surface area (Å²) >= 11 is 12.4. The van der Waals surface area contributed by atoms with Crippen molar-refractivity contribution in [1.29, 1.82) is 0 Å². The molecule has 0 aromatic heterocycles. The number of carbonyl (C=O) groups is 8. The molecule has 0 bridgehead atoms. The largest absolute Gasteiger partial charge is 0.483 e. The van der Waals surface area contributed by atoms with Gasteiger partial charge in [0.05, 0.1) is 39.3 Å². The predicted octanol–water partition coefficient (Wildman–Crippen LogP) is -0.264. The molecule has 7 rings (SSSR count). The van der Waals surface area contributed by atoms with Gasteiger partial charge in [-0.2, -0.15) is 0 Å². The smallest absolute Gasteiger partial charge is 0.266 e. The molecule has 20 heteroatoms. The van der Waals surface area contributed by atoms with Gasteiger partial charge in [0, 0.05) is 51.2 Å². The lowest BCUT2D eigenvalue weighted by Crippen LogP contribution is -2.56. The lowest BCUT2D eigenvalue weighted by Gasteiger charge is -2.34. The summed E-state index contributed by atoms with van der Waals surface area (Å²) in [7, 11) is 0. The number of hydrogen-bond acceptors (Lipinski definition) is 12. The Morgan fingerprint density at radius 2 is 1.48 bits per heavy atom. The minimum atomic E-state index is -1.12. The minimum Gasteiger partial charge on any atom is -0.483 e. The fourth-order valence-corrected chi connectivity index (χ4v) is 8.52. The molecule has 2 aromatic carbocycles. The molecule has 5 aliphatic heterocycles. The van der Waals surface area contributed by atoms with Crippen LogP contribution in [0.15, 0.2) is 36.4 Å². The van der Waals surface area contributed by atoms with Gasteiger partial charge in [-0.25, -0.2) is 5.43 Å². The van der Waals surface area contributed by atoms with Gasteiger partial charge < -0.3 is 25.6 Å². The molecule has 2 aromatic rings. The zero-order chi connectivity index (χ0) is 41.1. The zero-order valence-corrected chi connectivity index (χ0v) is 32.8. The first kappa shape index (κ1) is 41.0. The summed E-state index contributed by atoms with van der Waals surface area (Å²) in [6.45, 7) is 2.11. The third-order valence-corrected chi connectivity index (χ3v) is 11.7. The summed E-state index contributed by atoms with van der Waals surface area (Å²) in [6, 6.07) is 6.64. The summed E-state index contributed by atoms with van der Waals surface area (Å²) in [6.07, 6.45) is 2.38. The molecule has 0 saturated carbocycles. The number of rotatable bonds is 11. The fraction of sp³-hybridized carbons (Fsp3) is 0.474. The number of nitrogens with zero attached hydrogens (tertiary/aromatic N) is 3. The number of benzene rings is 2. The number of carbonyl (C=O) groups excluding carboxylic acids is 8. The number of halogens is 2. The number of ether oxygens (including phenoxy) is 1. The van der Waals surface area contributed by atoms with Crippen LogP contribution in [0, 0.1) is 0 Å². The van der Waals surface area contributed by atoms with E-state index in [0.29, 0.717) is 58.4 Å². The fourth-order valence-electron chi connectivity index (χ4n) is 7.95. The Labute approximate surface area is 343 Å². The summed E-state index contributed by atoms with van der Waals surface area (Å²) in [5, 5.41) is 11.6. The highest BCUT2D eigenvalue weighted by Crippen LogP contribution is 2.34. The maximum atomic E-state index is 13.3. The highest BCUT2D eigenvalue weighted by atomic mass is 35.5. The molecule has 0 spiro atoms. The van der Waals surface area contributed by atoms with Gasteiger partial charge >= 0.3 is 0 Å². The van der Waals surface area contributed by atoms with Gasteiger partial charge in [0.2, 0.25) is 23.6 Å². The molecule has 58 heavy (non-hydrogen) atoms. The molecule has 3 atom stereocenters. The standard InChI is InChI=1S/C38H43Cl2N9O9/c39-23-4-2-5-24(40)32(23)35(54)44-25-17-41-46-33(25)36(55)43-21-9-13-47(14-10-21)18-29(51)42-20-11-15-48(16-12-20)30(52)19-58-27-6-1-3-22-31(27)38(57)49(37(22)56)26-7-8-28(50)45-34(26)53/h1-6,20-21,25-26,33,41,46H,7-19H2,(H,42,51)(H,43,55)(H,44,54)(H,45,50,53). The quantitative estimate of drug-likeness (QED) is 0.161. The van der Waals surface area contributed by atoms with Crippen molar-refractivity contribution in [3.8, 4) is 5.75 Å². The molecule has 4 fully saturated rings. The average molecular weight is 841 g/mol. The van der Waals surface area contributed by atoms with Gasteiger partial charge in [-0.15, -0.1) is 0 Å². The first-order valence-corrected chi connectivity index (χ1v) is 19.9. The van der Waals surface area contributed by atoms with Gasteiger partial charge in [0.1, 0.15) is 17.8 Å². The van der Waals surface area contributed by atoms with Gasteiger partial charge in [-0.3, -0.25) is 58.9 Å². The molecule has 6 N–H and O–H groups in total. The number of imide groups is 2. The normalized spacial score (nSPS) is 23.0. The average Bonchev–Trinajstić information content (AvgIpc) is 3.76. The van der Waals surface area contributed by atoms with E-state index in [0.717, 1.165) is 4.90 Å². The number of amides is 8. The summed E-state index contributed by atoms with van der Waals surface area (Å²) in [5.41, 5.74) is 6.02. The highest BCUT2D eigenvalue weighted by molar-refractivity contribution is 6.39. The molecular formula is C38H43Cl2N9O9. The van der Waals surface area contributed by atoms with Crippen molar-refractivity contribution in [1.82, 2.24) is 46.8 Å². The second-order valence-corrected chi connectivity index (χ2v) is 15.7. The molecule has 0 aliphatic carbocycles. The van der Waals surface area contributed by atoms with Crippen molar-refractivity contribution in [2.45, 2.75) is 68.7 Å². The number of likely N-dealkylation sites (tertiary alicyclic amines) is 2. The van der Waals surface area contributed by atoms with E-state index in [4.69, 9.17) is 27.9 Å². The Bertz CT molecular complexity index is 2000. The van der Waals surface area contributed by atoms with Crippen molar-refractivity contribution in [2.24, 2.45) is 0 Å². The van der Waals surface area contributed by atoms with Crippen LogP contribution >= 0.6 is 23.2 Å². The van der Waals surface area contributed by atoms with Gasteiger partial charge in [0.15, 0.2) is 6.61 Å². The lowest BCUT2D eigenvalue weighted by atomic mass is 10.0. The summed E-state index contributed by atoms with van der Waals surface area (Å²) in [4.78, 5) is 107. The second kappa shape index (κ2) is 17.8. The van der Waals surface area contributed by atoms with Crippen LogP contribution in [0.25, 0.3) is 0 Å². The zero-order valence-electron chi connectivity index (χ0n) is 31.3. The van der Waals surface area contributed by atoms with E-state index in [1.165, 1.54) is 18.2 Å². The first-order valence-electron chi connectivity index (χ1n) is 19.2. The Morgan fingerprint density at radius 3 is 2.19 bits per heavy atom. The van der Waals surface area contributed by atoms with E-state index in [1.54, 1.807) is 23.1 Å². The molecule has 5 aliphatic rings. The van der Waals surface area contributed by atoms with Crippen molar-refractivity contribution in [3.05, 3.63) is 63.1 Å². The summed E-state index contributed by atoms with van der Waals surface area (Å²) < 4.78 is 5.76. The van der Waals surface area contributed by atoms with E-state index in [1.807, 2.05) is 4.90 Å². The SMILES string of the molecule is O=C1CCC(N2C(=O)c3cccc(OCC(=O)N4CCC(NC(=O)CN5CCC(NC(=O)C6NNCC6NC(=O)c6c(Cl)cccc6Cl)CC5)CC4)c3C2=O)C(=O)N1. The van der Waals surface area contributed by atoms with Gasteiger partial charge in [-0.05, 0) is 56.4 Å². The highest BCUT2D eigenvalue weighted by Gasteiger charge is 2.46. The molecule has 308 valence electrons. The molecule has 8 amide bonds. The van der Waals surface area contributed by atoms with Crippen molar-refractivity contribution >= 4 is 70.5 Å². The van der Waals surface area contributed by atoms with Crippen molar-refractivity contribution in [2.75, 3.05) is 45.9 Å². The molecule has 5 heterocycles. The van der Waals surface area contributed by atoms with Crippen LogP contribution in [0.5, 0.6) is 5.75 Å².